The molecule has 1 aromatic carbocycles. The number of benzene rings is 1. The molecule has 1 amide bonds. The number of imidazole rings is 1. The summed E-state index contributed by atoms with van der Waals surface area (Å²) in [5, 5.41) is 10.3. The number of piperidine rings is 1. The van der Waals surface area contributed by atoms with Gasteiger partial charge in [-0.2, -0.15) is 5.26 Å². The molecule has 1 unspecified atom stereocenters. The molecule has 2 aliphatic heterocycles. The number of pyridine rings is 1. The zero-order chi connectivity index (χ0) is 30.3. The number of hydrogen-bond acceptors (Lipinski definition) is 8. The van der Waals surface area contributed by atoms with Crippen LogP contribution in [-0.4, -0.2) is 87.9 Å². The van der Waals surface area contributed by atoms with E-state index in [1.807, 2.05) is 20.8 Å². The van der Waals surface area contributed by atoms with Crippen LogP contribution in [0.25, 0.3) is 33.3 Å². The van der Waals surface area contributed by atoms with Crippen molar-refractivity contribution in [3.05, 3.63) is 35.7 Å². The summed E-state index contributed by atoms with van der Waals surface area (Å²) in [6.45, 7) is 8.69. The SMILES string of the molecule is COc1ncc2c(C#N)c[nH]c2c1-c1nc2c(OCC3CCCN3C(=O)OC(C)(C)C)c(C3CCN(C)CC3)ccc2[nH]1. The predicted molar refractivity (Wildman–Crippen MR) is 163 cm³/mol. The van der Waals surface area contributed by atoms with Crippen LogP contribution in [0.15, 0.2) is 24.5 Å². The molecule has 0 bridgehead atoms. The monoisotopic (exact) mass is 585 g/mol. The number of nitrogens with one attached hydrogen (secondary N) is 2. The lowest BCUT2D eigenvalue weighted by Gasteiger charge is -2.31. The number of carbonyl (C=O) groups excluding carboxylic acids is 1. The van der Waals surface area contributed by atoms with Crippen molar-refractivity contribution in [2.24, 2.45) is 0 Å². The minimum absolute atomic E-state index is 0.0878. The summed E-state index contributed by atoms with van der Waals surface area (Å²) in [7, 11) is 3.72. The van der Waals surface area contributed by atoms with Crippen molar-refractivity contribution < 1.29 is 19.0 Å². The largest absolute Gasteiger partial charge is 0.489 e. The molecule has 2 N–H and O–H groups in total. The Morgan fingerprint density at radius 3 is 2.70 bits per heavy atom. The molecule has 2 saturated heterocycles. The molecule has 6 rings (SSSR count). The highest BCUT2D eigenvalue weighted by molar-refractivity contribution is 5.99. The van der Waals surface area contributed by atoms with Crippen LogP contribution in [0, 0.1) is 11.3 Å². The maximum Gasteiger partial charge on any atom is 0.410 e. The highest BCUT2D eigenvalue weighted by atomic mass is 16.6. The van der Waals surface area contributed by atoms with Gasteiger partial charge in [0.15, 0.2) is 5.75 Å². The molecule has 2 fully saturated rings. The van der Waals surface area contributed by atoms with Gasteiger partial charge < -0.3 is 34.0 Å². The molecular formula is C32H39N7O4. The molecule has 226 valence electrons. The summed E-state index contributed by atoms with van der Waals surface area (Å²) in [6.07, 6.45) is 6.82. The molecular weight excluding hydrogens is 546 g/mol. The fourth-order valence-corrected chi connectivity index (χ4v) is 6.26. The topological polar surface area (TPSA) is 132 Å². The smallest absolute Gasteiger partial charge is 0.410 e. The molecule has 0 saturated carbocycles. The molecule has 11 nitrogen and oxygen atoms in total. The third-order valence-electron chi connectivity index (χ3n) is 8.47. The molecule has 1 atom stereocenters. The quantitative estimate of drug-likeness (QED) is 0.300. The van der Waals surface area contributed by atoms with Crippen LogP contribution >= 0.6 is 0 Å². The van der Waals surface area contributed by atoms with E-state index in [0.29, 0.717) is 47.3 Å². The summed E-state index contributed by atoms with van der Waals surface area (Å²) in [5.74, 6) is 2.05. The van der Waals surface area contributed by atoms with Crippen LogP contribution in [0.3, 0.4) is 0 Å². The first-order valence-corrected chi connectivity index (χ1v) is 14.9. The Hall–Kier alpha value is -4.30. The number of nitrogens with zero attached hydrogens (tertiary/aromatic N) is 5. The van der Waals surface area contributed by atoms with Crippen molar-refractivity contribution in [1.29, 1.82) is 5.26 Å². The van der Waals surface area contributed by atoms with Gasteiger partial charge in [0, 0.05) is 24.3 Å². The summed E-state index contributed by atoms with van der Waals surface area (Å²) >= 11 is 0. The Labute approximate surface area is 251 Å². The van der Waals surface area contributed by atoms with Crippen LogP contribution in [-0.2, 0) is 4.74 Å². The number of amides is 1. The van der Waals surface area contributed by atoms with Crippen molar-refractivity contribution in [1.82, 2.24) is 29.7 Å². The third kappa shape index (κ3) is 5.59. The van der Waals surface area contributed by atoms with Gasteiger partial charge in [-0.15, -0.1) is 0 Å². The summed E-state index contributed by atoms with van der Waals surface area (Å²) < 4.78 is 18.0. The van der Waals surface area contributed by atoms with Crippen molar-refractivity contribution in [2.75, 3.05) is 40.4 Å². The number of ether oxygens (including phenoxy) is 3. The molecule has 0 radical (unpaired) electrons. The number of rotatable bonds is 6. The minimum Gasteiger partial charge on any atom is -0.489 e. The number of fused-ring (bicyclic) bond motifs is 2. The molecule has 5 heterocycles. The van der Waals surface area contributed by atoms with E-state index in [-0.39, 0.29) is 12.1 Å². The first-order chi connectivity index (χ1) is 20.7. The molecule has 0 aliphatic carbocycles. The highest BCUT2D eigenvalue weighted by Gasteiger charge is 2.34. The lowest BCUT2D eigenvalue weighted by molar-refractivity contribution is 0.0187. The summed E-state index contributed by atoms with van der Waals surface area (Å²) in [5.41, 5.74) is 3.99. The standard InChI is InChI=1S/C32H39N7O4/c1-32(2,3)43-31(40)39-12-6-7-21(39)18-42-28-22(19-10-13-38(4)14-11-19)8-9-24-27(28)37-29(36-24)25-26-23(17-35-30(25)41-5)20(15-33)16-34-26/h8-9,16-17,19,21,34H,6-7,10-14,18H2,1-5H3,(H,36,37). The van der Waals surface area contributed by atoms with Crippen molar-refractivity contribution in [2.45, 2.75) is 64.0 Å². The second-order valence-electron chi connectivity index (χ2n) is 12.6. The van der Waals surface area contributed by atoms with Crippen LogP contribution in [0.5, 0.6) is 11.6 Å². The normalized spacial score (nSPS) is 18.3. The Morgan fingerprint density at radius 1 is 1.19 bits per heavy atom. The number of likely N-dealkylation sites (tertiary alicyclic amines) is 2. The fraction of sp³-hybridized carbons (Fsp3) is 0.500. The maximum atomic E-state index is 13.0. The predicted octanol–water partition coefficient (Wildman–Crippen LogP) is 5.57. The molecule has 2 aliphatic rings. The number of carbonyl (C=O) groups is 1. The van der Waals surface area contributed by atoms with Gasteiger partial charge in [-0.3, -0.25) is 0 Å². The van der Waals surface area contributed by atoms with E-state index in [1.165, 1.54) is 0 Å². The number of nitriles is 1. The Morgan fingerprint density at radius 2 is 1.98 bits per heavy atom. The van der Waals surface area contributed by atoms with Gasteiger partial charge in [0.05, 0.1) is 29.7 Å². The first-order valence-electron chi connectivity index (χ1n) is 14.9. The molecule has 0 spiro atoms. The number of hydrogen-bond donors (Lipinski definition) is 2. The lowest BCUT2D eigenvalue weighted by atomic mass is 9.88. The number of methoxy groups -OCH3 is 1. The average Bonchev–Trinajstić information content (AvgIpc) is 3.73. The van der Waals surface area contributed by atoms with Crippen LogP contribution in [0.1, 0.15) is 63.5 Å². The molecule has 4 aromatic rings. The van der Waals surface area contributed by atoms with Gasteiger partial charge >= 0.3 is 6.09 Å². The van der Waals surface area contributed by atoms with Gasteiger partial charge in [-0.1, -0.05) is 6.07 Å². The van der Waals surface area contributed by atoms with E-state index < -0.39 is 5.60 Å². The Bertz CT molecular complexity index is 1690. The zero-order valence-electron chi connectivity index (χ0n) is 25.5. The second kappa shape index (κ2) is 11.4. The van der Waals surface area contributed by atoms with Crippen molar-refractivity contribution in [3.8, 4) is 29.1 Å². The maximum absolute atomic E-state index is 13.0. The van der Waals surface area contributed by atoms with Crippen LogP contribution < -0.4 is 9.47 Å². The molecule has 43 heavy (non-hydrogen) atoms. The minimum atomic E-state index is -0.560. The van der Waals surface area contributed by atoms with Gasteiger partial charge in [0.2, 0.25) is 5.88 Å². The first kappa shape index (κ1) is 28.8. The number of aromatic amines is 2. The molecule has 11 heteroatoms. The number of H-pyrrole nitrogens is 2. The van der Waals surface area contributed by atoms with Gasteiger partial charge in [0.1, 0.15) is 35.2 Å². The van der Waals surface area contributed by atoms with Crippen LogP contribution in [0.4, 0.5) is 4.79 Å². The van der Waals surface area contributed by atoms with Gasteiger partial charge in [0.25, 0.3) is 0 Å². The fourth-order valence-electron chi connectivity index (χ4n) is 6.26. The van der Waals surface area contributed by atoms with Crippen molar-refractivity contribution in [3.63, 3.8) is 0 Å². The van der Waals surface area contributed by atoms with E-state index in [0.717, 1.165) is 66.6 Å². The van der Waals surface area contributed by atoms with E-state index >= 15 is 0 Å². The number of aromatic nitrogens is 4. The van der Waals surface area contributed by atoms with Gasteiger partial charge in [-0.25, -0.2) is 14.8 Å². The van der Waals surface area contributed by atoms with E-state index in [9.17, 15) is 10.1 Å². The third-order valence-corrected chi connectivity index (χ3v) is 8.47. The van der Waals surface area contributed by atoms with Crippen LogP contribution in [0.2, 0.25) is 0 Å². The van der Waals surface area contributed by atoms with Crippen molar-refractivity contribution >= 4 is 28.0 Å². The van der Waals surface area contributed by atoms with E-state index in [4.69, 9.17) is 19.2 Å². The lowest BCUT2D eigenvalue weighted by Crippen LogP contribution is -2.42. The summed E-state index contributed by atoms with van der Waals surface area (Å²) in [4.78, 5) is 33.3. The Kier molecular flexibility index (Phi) is 7.65. The Balaban J connectivity index is 1.40. The zero-order valence-corrected chi connectivity index (χ0v) is 25.5. The van der Waals surface area contributed by atoms with Gasteiger partial charge in [-0.05, 0) is 84.1 Å². The average molecular weight is 586 g/mol. The second-order valence-corrected chi connectivity index (χ2v) is 12.6. The van der Waals surface area contributed by atoms with E-state index in [2.05, 4.69) is 45.1 Å². The summed E-state index contributed by atoms with van der Waals surface area (Å²) in [6, 6.07) is 6.33. The molecule has 3 aromatic heterocycles. The highest BCUT2D eigenvalue weighted by Crippen LogP contribution is 2.41. The van der Waals surface area contributed by atoms with E-state index in [1.54, 1.807) is 24.4 Å².